The predicted octanol–water partition coefficient (Wildman–Crippen LogP) is 1.94. The Morgan fingerprint density at radius 3 is 2.73 bits per heavy atom. The molecule has 2 aliphatic rings. The van der Waals surface area contributed by atoms with E-state index in [1.165, 1.54) is 4.57 Å². The van der Waals surface area contributed by atoms with Crippen LogP contribution in [0.1, 0.15) is 30.1 Å². The fraction of sp³-hybridized carbons (Fsp3) is 0.444. The topological polar surface area (TPSA) is 74.6 Å². The first kappa shape index (κ1) is 17.0. The van der Waals surface area contributed by atoms with Crippen molar-refractivity contribution in [2.24, 2.45) is 0 Å². The van der Waals surface area contributed by atoms with Gasteiger partial charge in [-0.3, -0.25) is 4.79 Å². The second-order valence-corrected chi connectivity index (χ2v) is 7.01. The first-order valence-corrected chi connectivity index (χ1v) is 8.65. The molecule has 2 N–H and O–H groups in total. The van der Waals surface area contributed by atoms with Crippen molar-refractivity contribution >= 4 is 22.6 Å². The second-order valence-electron chi connectivity index (χ2n) is 7.01. The lowest BCUT2D eigenvalue weighted by Crippen LogP contribution is -2.53. The number of carbonyl (C=O) groups is 1. The molecule has 0 atom stereocenters. The van der Waals surface area contributed by atoms with E-state index in [1.807, 2.05) is 0 Å². The van der Waals surface area contributed by atoms with Gasteiger partial charge in [-0.2, -0.15) is 0 Å². The van der Waals surface area contributed by atoms with E-state index in [2.05, 4.69) is 5.32 Å². The van der Waals surface area contributed by atoms with Crippen LogP contribution < -0.4 is 15.6 Å². The molecule has 0 unspecified atom stereocenters. The number of aryl methyl sites for hydroxylation is 1. The molecule has 8 heteroatoms. The van der Waals surface area contributed by atoms with Crippen LogP contribution in [-0.2, 0) is 6.54 Å². The Morgan fingerprint density at radius 2 is 2.12 bits per heavy atom. The number of hydrogen-bond donors (Lipinski definition) is 2. The van der Waals surface area contributed by atoms with Gasteiger partial charge in [-0.15, -0.1) is 0 Å². The van der Waals surface area contributed by atoms with Crippen LogP contribution in [0, 0.1) is 11.6 Å². The van der Waals surface area contributed by atoms with Crippen molar-refractivity contribution in [3.63, 3.8) is 0 Å². The molecule has 2 aromatic rings. The highest BCUT2D eigenvalue weighted by Crippen LogP contribution is 2.40. The summed E-state index contributed by atoms with van der Waals surface area (Å²) in [6.45, 7) is 3.57. The number of pyridine rings is 1. The van der Waals surface area contributed by atoms with Gasteiger partial charge in [0.15, 0.2) is 5.82 Å². The van der Waals surface area contributed by atoms with Crippen LogP contribution in [0.2, 0.25) is 0 Å². The third-order valence-electron chi connectivity index (χ3n) is 5.35. The number of carboxylic acid groups (broad SMARTS) is 1. The summed E-state index contributed by atoms with van der Waals surface area (Å²) in [7, 11) is 0. The van der Waals surface area contributed by atoms with E-state index in [0.29, 0.717) is 19.6 Å². The Labute approximate surface area is 148 Å². The number of aromatic nitrogens is 1. The molecule has 1 spiro atoms. The van der Waals surface area contributed by atoms with Gasteiger partial charge in [0, 0.05) is 37.9 Å². The van der Waals surface area contributed by atoms with Crippen LogP contribution in [0.15, 0.2) is 17.1 Å². The molecule has 138 valence electrons. The lowest BCUT2D eigenvalue weighted by atomic mass is 10.1. The summed E-state index contributed by atoms with van der Waals surface area (Å²) >= 11 is 0. The first-order chi connectivity index (χ1) is 12.4. The van der Waals surface area contributed by atoms with Crippen LogP contribution in [0.4, 0.5) is 14.5 Å². The Hall–Kier alpha value is -2.48. The summed E-state index contributed by atoms with van der Waals surface area (Å²) < 4.78 is 31.5. The maximum atomic E-state index is 15.3. The maximum absolute atomic E-state index is 15.3. The largest absolute Gasteiger partial charge is 0.477 e. The van der Waals surface area contributed by atoms with Gasteiger partial charge in [0.1, 0.15) is 17.1 Å². The van der Waals surface area contributed by atoms with Crippen molar-refractivity contribution in [3.05, 3.63) is 39.7 Å². The highest BCUT2D eigenvalue weighted by Gasteiger charge is 2.46. The molecule has 1 saturated carbocycles. The van der Waals surface area contributed by atoms with Gasteiger partial charge in [0.2, 0.25) is 5.43 Å². The van der Waals surface area contributed by atoms with Crippen molar-refractivity contribution < 1.29 is 18.7 Å². The van der Waals surface area contributed by atoms with Gasteiger partial charge in [-0.1, -0.05) is 0 Å². The van der Waals surface area contributed by atoms with Gasteiger partial charge in [-0.25, -0.2) is 13.6 Å². The quantitative estimate of drug-likeness (QED) is 0.872. The van der Waals surface area contributed by atoms with E-state index in [4.69, 9.17) is 0 Å². The smallest absolute Gasteiger partial charge is 0.341 e. The summed E-state index contributed by atoms with van der Waals surface area (Å²) in [5, 5.41) is 12.3. The number of hydrogen-bond acceptors (Lipinski definition) is 4. The second kappa shape index (κ2) is 5.77. The van der Waals surface area contributed by atoms with E-state index < -0.39 is 28.6 Å². The summed E-state index contributed by atoms with van der Waals surface area (Å²) in [5.74, 6) is -3.06. The number of nitrogens with zero attached hydrogens (tertiary/aromatic N) is 2. The standard InChI is InChI=1S/C18H19F2N3O3/c1-2-22-8-11(17(25)26)16(24)10-7-12(19)15(13(20)14(10)22)23-6-5-21-18(9-23)3-4-18/h7-8,21H,2-6,9H2,1H3,(H,25,26). The molecule has 6 nitrogen and oxygen atoms in total. The fourth-order valence-electron chi connectivity index (χ4n) is 3.80. The fourth-order valence-corrected chi connectivity index (χ4v) is 3.80. The van der Waals surface area contributed by atoms with E-state index in [9.17, 15) is 19.1 Å². The lowest BCUT2D eigenvalue weighted by molar-refractivity contribution is 0.0695. The van der Waals surface area contributed by atoms with E-state index in [-0.39, 0.29) is 28.7 Å². The first-order valence-electron chi connectivity index (χ1n) is 8.65. The molecule has 0 radical (unpaired) electrons. The average Bonchev–Trinajstić information content (AvgIpc) is 3.34. The molecule has 1 saturated heterocycles. The molecule has 2 heterocycles. The number of halogens is 2. The number of carboxylic acids is 1. The summed E-state index contributed by atoms with van der Waals surface area (Å²) in [6.07, 6.45) is 3.07. The summed E-state index contributed by atoms with van der Waals surface area (Å²) in [4.78, 5) is 25.4. The van der Waals surface area contributed by atoms with Crippen molar-refractivity contribution in [1.29, 1.82) is 0 Å². The molecule has 4 rings (SSSR count). The number of benzene rings is 1. The highest BCUT2D eigenvalue weighted by molar-refractivity contribution is 5.93. The Kier molecular flexibility index (Phi) is 3.76. The van der Waals surface area contributed by atoms with Gasteiger partial charge in [-0.05, 0) is 25.8 Å². The number of anilines is 1. The minimum absolute atomic E-state index is 0.0534. The van der Waals surface area contributed by atoms with Gasteiger partial charge < -0.3 is 19.9 Å². The Bertz CT molecular complexity index is 982. The summed E-state index contributed by atoms with van der Waals surface area (Å²) in [6, 6.07) is 0.969. The molecule has 1 aliphatic heterocycles. The minimum Gasteiger partial charge on any atom is -0.477 e. The molecule has 0 bridgehead atoms. The number of piperazine rings is 1. The minimum atomic E-state index is -1.42. The van der Waals surface area contributed by atoms with Crippen LogP contribution in [0.3, 0.4) is 0 Å². The van der Waals surface area contributed by atoms with Gasteiger partial charge >= 0.3 is 5.97 Å². The van der Waals surface area contributed by atoms with E-state index in [1.54, 1.807) is 11.8 Å². The highest BCUT2D eigenvalue weighted by atomic mass is 19.1. The Balaban J connectivity index is 1.95. The lowest BCUT2D eigenvalue weighted by Gasteiger charge is -2.36. The van der Waals surface area contributed by atoms with Crippen LogP contribution in [-0.4, -0.2) is 40.8 Å². The van der Waals surface area contributed by atoms with E-state index in [0.717, 1.165) is 25.1 Å². The average molecular weight is 363 g/mol. The van der Waals surface area contributed by atoms with Crippen LogP contribution in [0.25, 0.3) is 10.9 Å². The third-order valence-corrected chi connectivity index (χ3v) is 5.35. The zero-order chi connectivity index (χ0) is 18.6. The zero-order valence-corrected chi connectivity index (χ0v) is 14.3. The van der Waals surface area contributed by atoms with E-state index >= 15 is 4.39 Å². The predicted molar refractivity (Wildman–Crippen MR) is 92.9 cm³/mol. The van der Waals surface area contributed by atoms with Crippen LogP contribution in [0.5, 0.6) is 0 Å². The molecule has 1 aromatic carbocycles. The molecule has 2 fully saturated rings. The Morgan fingerprint density at radius 1 is 1.38 bits per heavy atom. The number of aromatic carboxylic acids is 1. The monoisotopic (exact) mass is 363 g/mol. The summed E-state index contributed by atoms with van der Waals surface area (Å²) in [5.41, 5.74) is -1.63. The molecule has 1 aromatic heterocycles. The van der Waals surface area contributed by atoms with Gasteiger partial charge in [0.25, 0.3) is 0 Å². The molecule has 1 aliphatic carbocycles. The molecular weight excluding hydrogens is 344 g/mol. The number of fused-ring (bicyclic) bond motifs is 1. The molecule has 0 amide bonds. The SMILES string of the molecule is CCn1cc(C(=O)O)c(=O)c2cc(F)c(N3CCNC4(CC4)C3)c(F)c21. The van der Waals surface area contributed by atoms with Crippen LogP contribution >= 0.6 is 0 Å². The van der Waals surface area contributed by atoms with Crippen molar-refractivity contribution in [3.8, 4) is 0 Å². The van der Waals surface area contributed by atoms with Gasteiger partial charge in [0.05, 0.1) is 10.9 Å². The van der Waals surface area contributed by atoms with Crippen molar-refractivity contribution in [1.82, 2.24) is 9.88 Å². The molecular formula is C18H19F2N3O3. The third kappa shape index (κ3) is 2.47. The van der Waals surface area contributed by atoms with Crippen molar-refractivity contribution in [2.75, 3.05) is 24.5 Å². The maximum Gasteiger partial charge on any atom is 0.341 e. The molecule has 26 heavy (non-hydrogen) atoms. The normalized spacial score (nSPS) is 18.5. The van der Waals surface area contributed by atoms with Crippen molar-refractivity contribution in [2.45, 2.75) is 31.8 Å². The number of nitrogens with one attached hydrogen (secondary N) is 1. The number of rotatable bonds is 3. The zero-order valence-electron chi connectivity index (χ0n) is 14.3.